The molecule has 5 nitrogen and oxygen atoms in total. The molecule has 1 aromatic carbocycles. The molecule has 0 bridgehead atoms. The van der Waals surface area contributed by atoms with E-state index in [9.17, 15) is 4.79 Å². The number of hydrogen-bond donors (Lipinski definition) is 2. The van der Waals surface area contributed by atoms with E-state index in [0.717, 1.165) is 5.56 Å². The van der Waals surface area contributed by atoms with E-state index in [1.807, 2.05) is 12.1 Å². The van der Waals surface area contributed by atoms with Gasteiger partial charge in [0.2, 0.25) is 11.8 Å². The highest BCUT2D eigenvalue weighted by atomic mass is 16.5. The summed E-state index contributed by atoms with van der Waals surface area (Å²) in [6, 6.07) is 10.7. The van der Waals surface area contributed by atoms with Crippen molar-refractivity contribution >= 4 is 17.3 Å². The highest BCUT2D eigenvalue weighted by Crippen LogP contribution is 2.12. The van der Waals surface area contributed by atoms with Crippen LogP contribution in [-0.2, 0) is 11.2 Å². The third kappa shape index (κ3) is 3.70. The van der Waals surface area contributed by atoms with Gasteiger partial charge in [-0.15, -0.1) is 0 Å². The van der Waals surface area contributed by atoms with Gasteiger partial charge in [0.1, 0.15) is 0 Å². The molecular formula is C14H15N3O2. The fourth-order valence-electron chi connectivity index (χ4n) is 1.60. The van der Waals surface area contributed by atoms with Crippen LogP contribution in [0, 0.1) is 0 Å². The van der Waals surface area contributed by atoms with E-state index < -0.39 is 0 Å². The summed E-state index contributed by atoms with van der Waals surface area (Å²) in [7, 11) is 1.54. The number of amides is 1. The van der Waals surface area contributed by atoms with Gasteiger partial charge in [-0.05, 0) is 23.8 Å². The zero-order valence-electron chi connectivity index (χ0n) is 10.6. The Morgan fingerprint density at radius 1 is 1.26 bits per heavy atom. The van der Waals surface area contributed by atoms with Crippen LogP contribution >= 0.6 is 0 Å². The minimum Gasteiger partial charge on any atom is -0.481 e. The number of carbonyl (C=O) groups excluding carboxylic acids is 1. The molecule has 2 rings (SSSR count). The standard InChI is InChI=1S/C14H15N3O2/c1-19-14-7-6-12(9-16-14)17-13(18)8-10-2-4-11(15)5-3-10/h2-7,9H,8,15H2,1H3,(H,17,18). The number of nitrogens with one attached hydrogen (secondary N) is 1. The second-order valence-corrected chi connectivity index (χ2v) is 4.06. The second kappa shape index (κ2) is 5.86. The first-order valence-corrected chi connectivity index (χ1v) is 5.81. The average Bonchev–Trinajstić information content (AvgIpc) is 2.42. The first-order valence-electron chi connectivity index (χ1n) is 5.81. The maximum Gasteiger partial charge on any atom is 0.228 e. The van der Waals surface area contributed by atoms with Gasteiger partial charge >= 0.3 is 0 Å². The van der Waals surface area contributed by atoms with Crippen LogP contribution in [-0.4, -0.2) is 18.0 Å². The number of benzene rings is 1. The highest BCUT2D eigenvalue weighted by molar-refractivity contribution is 5.92. The van der Waals surface area contributed by atoms with Crippen LogP contribution in [0.25, 0.3) is 0 Å². The Morgan fingerprint density at radius 3 is 2.58 bits per heavy atom. The predicted molar refractivity (Wildman–Crippen MR) is 74.0 cm³/mol. The highest BCUT2D eigenvalue weighted by Gasteiger charge is 2.04. The molecular weight excluding hydrogens is 242 g/mol. The molecule has 0 saturated heterocycles. The fraction of sp³-hybridized carbons (Fsp3) is 0.143. The summed E-state index contributed by atoms with van der Waals surface area (Å²) in [6.45, 7) is 0. The summed E-state index contributed by atoms with van der Waals surface area (Å²) in [4.78, 5) is 15.8. The van der Waals surface area contributed by atoms with Crippen molar-refractivity contribution in [1.29, 1.82) is 0 Å². The van der Waals surface area contributed by atoms with Crippen molar-refractivity contribution in [2.24, 2.45) is 0 Å². The lowest BCUT2D eigenvalue weighted by Crippen LogP contribution is -2.14. The lowest BCUT2D eigenvalue weighted by atomic mass is 10.1. The third-order valence-electron chi connectivity index (χ3n) is 2.57. The molecule has 0 spiro atoms. The number of anilines is 2. The summed E-state index contributed by atoms with van der Waals surface area (Å²) < 4.78 is 4.95. The molecule has 0 atom stereocenters. The quantitative estimate of drug-likeness (QED) is 0.819. The molecule has 0 unspecified atom stereocenters. The van der Waals surface area contributed by atoms with Crippen LogP contribution in [0.2, 0.25) is 0 Å². The normalized spacial score (nSPS) is 9.95. The van der Waals surface area contributed by atoms with Crippen molar-refractivity contribution in [3.63, 3.8) is 0 Å². The summed E-state index contributed by atoms with van der Waals surface area (Å²) in [5.41, 5.74) is 7.82. The maximum absolute atomic E-state index is 11.8. The lowest BCUT2D eigenvalue weighted by Gasteiger charge is -2.06. The van der Waals surface area contributed by atoms with E-state index >= 15 is 0 Å². The summed E-state index contributed by atoms with van der Waals surface area (Å²) in [6.07, 6.45) is 1.85. The van der Waals surface area contributed by atoms with E-state index in [2.05, 4.69) is 10.3 Å². The number of carbonyl (C=O) groups is 1. The van der Waals surface area contributed by atoms with Gasteiger partial charge in [-0.1, -0.05) is 12.1 Å². The van der Waals surface area contributed by atoms with Crippen molar-refractivity contribution in [3.8, 4) is 5.88 Å². The Morgan fingerprint density at radius 2 is 2.00 bits per heavy atom. The van der Waals surface area contributed by atoms with Gasteiger partial charge in [0.25, 0.3) is 0 Å². The molecule has 0 aliphatic rings. The van der Waals surface area contributed by atoms with Crippen molar-refractivity contribution < 1.29 is 9.53 Å². The molecule has 0 fully saturated rings. The van der Waals surface area contributed by atoms with Crippen LogP contribution in [0.3, 0.4) is 0 Å². The summed E-state index contributed by atoms with van der Waals surface area (Å²) in [5, 5.41) is 2.77. The Labute approximate surface area is 111 Å². The van der Waals surface area contributed by atoms with Gasteiger partial charge in [0.15, 0.2) is 0 Å². The Bertz CT molecular complexity index is 550. The number of pyridine rings is 1. The molecule has 0 saturated carbocycles. The van der Waals surface area contributed by atoms with Gasteiger partial charge in [-0.3, -0.25) is 4.79 Å². The van der Waals surface area contributed by atoms with Crippen LogP contribution < -0.4 is 15.8 Å². The van der Waals surface area contributed by atoms with Crippen LogP contribution in [0.5, 0.6) is 5.88 Å². The molecule has 3 N–H and O–H groups in total. The number of hydrogen-bond acceptors (Lipinski definition) is 4. The number of nitrogens with two attached hydrogens (primary N) is 1. The molecule has 2 aromatic rings. The number of methoxy groups -OCH3 is 1. The Balaban J connectivity index is 1.95. The van der Waals surface area contributed by atoms with Gasteiger partial charge < -0.3 is 15.8 Å². The minimum absolute atomic E-state index is 0.100. The maximum atomic E-state index is 11.8. The average molecular weight is 257 g/mol. The molecule has 19 heavy (non-hydrogen) atoms. The predicted octanol–water partition coefficient (Wildman–Crippen LogP) is 1.85. The first kappa shape index (κ1) is 12.9. The van der Waals surface area contributed by atoms with Crippen molar-refractivity contribution in [3.05, 3.63) is 48.2 Å². The van der Waals surface area contributed by atoms with E-state index in [0.29, 0.717) is 23.7 Å². The topological polar surface area (TPSA) is 77.2 Å². The number of nitrogens with zero attached hydrogens (tertiary/aromatic N) is 1. The fourth-order valence-corrected chi connectivity index (χ4v) is 1.60. The van der Waals surface area contributed by atoms with E-state index in [1.165, 1.54) is 0 Å². The van der Waals surface area contributed by atoms with Crippen LogP contribution in [0.4, 0.5) is 11.4 Å². The third-order valence-corrected chi connectivity index (χ3v) is 2.57. The number of aromatic nitrogens is 1. The Kier molecular flexibility index (Phi) is 3.97. The van der Waals surface area contributed by atoms with Gasteiger partial charge in [0, 0.05) is 11.8 Å². The molecule has 1 aromatic heterocycles. The molecule has 5 heteroatoms. The van der Waals surface area contributed by atoms with Crippen molar-refractivity contribution in [2.75, 3.05) is 18.2 Å². The largest absolute Gasteiger partial charge is 0.481 e. The minimum atomic E-state index is -0.100. The molecule has 1 amide bonds. The van der Waals surface area contributed by atoms with E-state index in [4.69, 9.17) is 10.5 Å². The van der Waals surface area contributed by atoms with Crippen LogP contribution in [0.1, 0.15) is 5.56 Å². The Hall–Kier alpha value is -2.56. The number of rotatable bonds is 4. The number of ether oxygens (including phenoxy) is 1. The van der Waals surface area contributed by atoms with Crippen LogP contribution in [0.15, 0.2) is 42.6 Å². The smallest absolute Gasteiger partial charge is 0.228 e. The SMILES string of the molecule is COc1ccc(NC(=O)Cc2ccc(N)cc2)cn1. The van der Waals surface area contributed by atoms with Gasteiger partial charge in [0.05, 0.1) is 25.4 Å². The summed E-state index contributed by atoms with van der Waals surface area (Å²) >= 11 is 0. The van der Waals surface area contributed by atoms with Crippen molar-refractivity contribution in [1.82, 2.24) is 4.98 Å². The lowest BCUT2D eigenvalue weighted by molar-refractivity contribution is -0.115. The van der Waals surface area contributed by atoms with Crippen molar-refractivity contribution in [2.45, 2.75) is 6.42 Å². The monoisotopic (exact) mass is 257 g/mol. The molecule has 0 aliphatic heterocycles. The first-order chi connectivity index (χ1) is 9.17. The van der Waals surface area contributed by atoms with E-state index in [-0.39, 0.29) is 5.91 Å². The van der Waals surface area contributed by atoms with E-state index in [1.54, 1.807) is 37.6 Å². The second-order valence-electron chi connectivity index (χ2n) is 4.06. The van der Waals surface area contributed by atoms with Gasteiger partial charge in [-0.25, -0.2) is 4.98 Å². The zero-order chi connectivity index (χ0) is 13.7. The molecule has 1 heterocycles. The zero-order valence-corrected chi connectivity index (χ0v) is 10.6. The molecule has 98 valence electrons. The molecule has 0 radical (unpaired) electrons. The molecule has 0 aliphatic carbocycles. The van der Waals surface area contributed by atoms with Gasteiger partial charge in [-0.2, -0.15) is 0 Å². The number of nitrogen functional groups attached to an aromatic ring is 1. The summed E-state index contributed by atoms with van der Waals surface area (Å²) in [5.74, 6) is 0.410.